The molecule has 1 aromatic heterocycles. The van der Waals surface area contributed by atoms with E-state index in [1.165, 1.54) is 19.5 Å². The van der Waals surface area contributed by atoms with Crippen molar-refractivity contribution in [3.8, 4) is 11.5 Å². The number of hydrogen-bond acceptors (Lipinski definition) is 8. The van der Waals surface area contributed by atoms with Gasteiger partial charge in [0.25, 0.3) is 0 Å². The lowest BCUT2D eigenvalue weighted by Crippen LogP contribution is -2.42. The fourth-order valence-electron chi connectivity index (χ4n) is 3.94. The van der Waals surface area contributed by atoms with Gasteiger partial charge in [-0.15, -0.1) is 0 Å². The number of rotatable bonds is 9. The maximum absolute atomic E-state index is 14.5. The maximum atomic E-state index is 14.5. The average Bonchev–Trinajstić information content (AvgIpc) is 3.29. The minimum atomic E-state index is -0.591. The third kappa shape index (κ3) is 5.55. The highest BCUT2D eigenvalue weighted by atomic mass is 35.5. The van der Waals surface area contributed by atoms with Gasteiger partial charge < -0.3 is 24.8 Å². The van der Waals surface area contributed by atoms with Crippen molar-refractivity contribution < 1.29 is 24.8 Å². The van der Waals surface area contributed by atoms with Crippen LogP contribution in [0.5, 0.6) is 11.5 Å². The summed E-state index contributed by atoms with van der Waals surface area (Å²) in [5, 5.41) is 6.37. The van der Waals surface area contributed by atoms with Crippen molar-refractivity contribution in [3.63, 3.8) is 0 Å². The van der Waals surface area contributed by atoms with Crippen LogP contribution in [0.4, 0.5) is 15.9 Å². The molecule has 186 valence electrons. The molecule has 2 atom stereocenters. The number of methoxy groups -OCH3 is 2. The first-order valence-corrected chi connectivity index (χ1v) is 11.3. The molecule has 1 amide bonds. The number of hydrogen-bond donors (Lipinski definition) is 2. The van der Waals surface area contributed by atoms with Gasteiger partial charge >= 0.3 is 0 Å². The number of fused-ring (bicyclic) bond motifs is 1. The van der Waals surface area contributed by atoms with Gasteiger partial charge in [-0.1, -0.05) is 17.7 Å². The Labute approximate surface area is 208 Å². The van der Waals surface area contributed by atoms with Crippen molar-refractivity contribution >= 4 is 39.9 Å². The van der Waals surface area contributed by atoms with Crippen LogP contribution in [-0.4, -0.2) is 73.9 Å². The molecule has 2 N–H and O–H groups in total. The molecular weight excluding hydrogens is 477 g/mol. The highest BCUT2D eigenvalue weighted by Crippen LogP contribution is 2.37. The topological polar surface area (TPSA) is 97.8 Å². The molecular formula is C24H27ClFN5O4. The molecule has 3 aromatic rings. The van der Waals surface area contributed by atoms with Gasteiger partial charge in [0.15, 0.2) is 17.3 Å². The van der Waals surface area contributed by atoms with E-state index >= 15 is 0 Å². The number of halogens is 2. The van der Waals surface area contributed by atoms with Crippen LogP contribution in [0.3, 0.4) is 0 Å². The zero-order valence-corrected chi connectivity index (χ0v) is 20.1. The number of amides is 1. The molecule has 0 radical (unpaired) electrons. The van der Waals surface area contributed by atoms with Crippen molar-refractivity contribution in [2.45, 2.75) is 18.6 Å². The number of ether oxygens (including phenoxy) is 3. The summed E-state index contributed by atoms with van der Waals surface area (Å²) in [6.45, 7) is 1.20. The number of benzene rings is 2. The van der Waals surface area contributed by atoms with Crippen LogP contribution in [0.1, 0.15) is 7.79 Å². The van der Waals surface area contributed by atoms with Gasteiger partial charge in [-0.05, 0) is 25.2 Å². The van der Waals surface area contributed by atoms with Gasteiger partial charge in [-0.25, -0.2) is 14.4 Å². The highest BCUT2D eigenvalue weighted by Gasteiger charge is 2.36. The van der Waals surface area contributed by atoms with E-state index in [0.29, 0.717) is 54.3 Å². The summed E-state index contributed by atoms with van der Waals surface area (Å²) in [7, 11) is 3.05. The Hall–Kier alpha value is -3.21. The molecule has 2 heterocycles. The maximum Gasteiger partial charge on any atom is 0.237 e. The Morgan fingerprint density at radius 3 is 2.94 bits per heavy atom. The Kier molecular flexibility index (Phi) is 7.41. The fourth-order valence-corrected chi connectivity index (χ4v) is 4.11. The molecule has 0 spiro atoms. The van der Waals surface area contributed by atoms with Crippen LogP contribution in [0.25, 0.3) is 10.9 Å². The SMILES string of the molecule is [2H]CN1C[C@@H](Oc2cc3c(Nc4cccc(Cl)c4F)ncnc3cc2OC)C[C@H]1C(=O)NCCOC. The molecule has 1 aliphatic rings. The zero-order valence-electron chi connectivity index (χ0n) is 20.4. The number of nitrogens with one attached hydrogen (secondary N) is 2. The second-order valence-electron chi connectivity index (χ2n) is 8.02. The van der Waals surface area contributed by atoms with Gasteiger partial charge in [0.2, 0.25) is 5.91 Å². The first kappa shape index (κ1) is 23.5. The lowest BCUT2D eigenvalue weighted by Gasteiger charge is -2.17. The van der Waals surface area contributed by atoms with Crippen LogP contribution < -0.4 is 20.1 Å². The minimum absolute atomic E-state index is 0.00922. The average molecular weight is 505 g/mol. The third-order valence-corrected chi connectivity index (χ3v) is 5.98. The number of likely N-dealkylation sites (tertiary alicyclic amines) is 1. The van der Waals surface area contributed by atoms with Crippen LogP contribution in [0, 0.1) is 5.82 Å². The standard InChI is InChI=1S/C24H27ClFN5O4/c1-31-12-14(9-19(31)24(32)27-7-8-33-2)35-21-10-15-18(11-20(21)34-3)28-13-29-23(15)30-17-6-4-5-16(25)22(17)26/h4-6,10-11,13-14,19H,7-9,12H2,1-3H3,(H,27,32)(H,28,29,30)/t14-,19-/m0/s1/i1D. The van der Waals surface area contributed by atoms with Crippen molar-refractivity contribution in [2.75, 3.05) is 46.3 Å². The fraction of sp³-hybridized carbons (Fsp3) is 0.375. The lowest BCUT2D eigenvalue weighted by molar-refractivity contribution is -0.125. The number of carbonyl (C=O) groups is 1. The van der Waals surface area contributed by atoms with E-state index in [4.69, 9.17) is 27.2 Å². The van der Waals surface area contributed by atoms with Gasteiger partial charge in [-0.2, -0.15) is 0 Å². The quantitative estimate of drug-likeness (QED) is 0.428. The minimum Gasteiger partial charge on any atom is -0.493 e. The van der Waals surface area contributed by atoms with E-state index in [2.05, 4.69) is 20.6 Å². The molecule has 0 saturated carbocycles. The normalized spacial score (nSPS) is 18.3. The first-order valence-electron chi connectivity index (χ1n) is 11.7. The zero-order chi connectivity index (χ0) is 25.7. The molecule has 11 heteroatoms. The summed E-state index contributed by atoms with van der Waals surface area (Å²) in [6.07, 6.45) is 1.41. The first-order chi connectivity index (χ1) is 17.4. The van der Waals surface area contributed by atoms with Crippen LogP contribution in [0.2, 0.25) is 5.02 Å². The third-order valence-electron chi connectivity index (χ3n) is 5.69. The summed E-state index contributed by atoms with van der Waals surface area (Å²) in [5.41, 5.74) is 0.735. The van der Waals surface area contributed by atoms with Crippen LogP contribution >= 0.6 is 11.6 Å². The molecule has 1 aliphatic heterocycles. The van der Waals surface area contributed by atoms with Crippen LogP contribution in [0.15, 0.2) is 36.7 Å². The van der Waals surface area contributed by atoms with Gasteiger partial charge in [0, 0.05) is 39.4 Å². The van der Waals surface area contributed by atoms with Crippen molar-refractivity contribution in [1.82, 2.24) is 20.2 Å². The monoisotopic (exact) mass is 504 g/mol. The number of likely N-dealkylation sites (N-methyl/N-ethyl adjacent to an activating group) is 1. The van der Waals surface area contributed by atoms with Crippen molar-refractivity contribution in [2.24, 2.45) is 0 Å². The summed E-state index contributed by atoms with van der Waals surface area (Å²) >= 11 is 5.92. The van der Waals surface area contributed by atoms with E-state index < -0.39 is 11.9 Å². The summed E-state index contributed by atoms with van der Waals surface area (Å²) < 4.78 is 39.1. The molecule has 1 fully saturated rings. The molecule has 9 nitrogen and oxygen atoms in total. The summed E-state index contributed by atoms with van der Waals surface area (Å²) in [4.78, 5) is 22.9. The molecule has 4 rings (SSSR count). The number of anilines is 2. The van der Waals surface area contributed by atoms with Crippen molar-refractivity contribution in [3.05, 3.63) is 47.5 Å². The number of carbonyl (C=O) groups excluding carboxylic acids is 1. The van der Waals surface area contributed by atoms with Gasteiger partial charge in [0.05, 0.1) is 36.0 Å². The Morgan fingerprint density at radius 1 is 1.31 bits per heavy atom. The number of aromatic nitrogens is 2. The Morgan fingerprint density at radius 2 is 2.17 bits per heavy atom. The van der Waals surface area contributed by atoms with E-state index in [0.717, 1.165) is 0 Å². The molecule has 1 saturated heterocycles. The van der Waals surface area contributed by atoms with E-state index in [-0.39, 0.29) is 29.7 Å². The van der Waals surface area contributed by atoms with E-state index in [1.807, 2.05) is 0 Å². The van der Waals surface area contributed by atoms with Crippen molar-refractivity contribution in [1.29, 1.82) is 0 Å². The number of nitrogens with zero attached hydrogens (tertiary/aromatic N) is 3. The second-order valence-corrected chi connectivity index (χ2v) is 8.42. The summed E-state index contributed by atoms with van der Waals surface area (Å²) in [6, 6.07) is 7.59. The Bertz CT molecular complexity index is 1240. The smallest absolute Gasteiger partial charge is 0.237 e. The van der Waals surface area contributed by atoms with Gasteiger partial charge in [0.1, 0.15) is 18.2 Å². The van der Waals surface area contributed by atoms with E-state index in [1.54, 1.807) is 36.3 Å². The van der Waals surface area contributed by atoms with Crippen LogP contribution in [-0.2, 0) is 9.53 Å². The van der Waals surface area contributed by atoms with Gasteiger partial charge in [-0.3, -0.25) is 9.69 Å². The second kappa shape index (κ2) is 11.0. The van der Waals surface area contributed by atoms with E-state index in [9.17, 15) is 9.18 Å². The molecule has 35 heavy (non-hydrogen) atoms. The predicted molar refractivity (Wildman–Crippen MR) is 131 cm³/mol. The molecule has 0 unspecified atom stereocenters. The molecule has 0 aliphatic carbocycles. The molecule has 0 bridgehead atoms. The largest absolute Gasteiger partial charge is 0.493 e. The predicted octanol–water partition coefficient (Wildman–Crippen LogP) is 3.39. The summed E-state index contributed by atoms with van der Waals surface area (Å²) in [5.74, 6) is 0.478. The lowest BCUT2D eigenvalue weighted by atomic mass is 10.1. The highest BCUT2D eigenvalue weighted by molar-refractivity contribution is 6.31. The molecule has 2 aromatic carbocycles. The Balaban J connectivity index is 1.59.